The number of benzene rings is 2. The third kappa shape index (κ3) is 3.56. The van der Waals surface area contributed by atoms with Crippen molar-refractivity contribution in [3.05, 3.63) is 87.4 Å². The van der Waals surface area contributed by atoms with E-state index in [1.807, 2.05) is 36.4 Å². The highest BCUT2D eigenvalue weighted by molar-refractivity contribution is 7.22. The Labute approximate surface area is 169 Å². The maximum absolute atomic E-state index is 12.9. The minimum atomic E-state index is -0.409. The topological polar surface area (TPSA) is 61.2 Å². The van der Waals surface area contributed by atoms with Gasteiger partial charge in [-0.15, -0.1) is 11.3 Å². The molecule has 2 aromatic carbocycles. The summed E-state index contributed by atoms with van der Waals surface area (Å²) in [6.07, 6.45) is 1.54. The number of halogens is 1. The quantitative estimate of drug-likeness (QED) is 0.461. The maximum atomic E-state index is 12.9. The molecule has 0 N–H and O–H groups in total. The van der Waals surface area contributed by atoms with Crippen LogP contribution in [0.5, 0.6) is 0 Å². The molecule has 4 aromatic rings. The van der Waals surface area contributed by atoms with Gasteiger partial charge in [0.15, 0.2) is 0 Å². The molecule has 0 unspecified atom stereocenters. The summed E-state index contributed by atoms with van der Waals surface area (Å²) in [7, 11) is 1.34. The number of esters is 1. The van der Waals surface area contributed by atoms with Gasteiger partial charge in [0.05, 0.1) is 31.1 Å². The second-order valence-electron chi connectivity index (χ2n) is 6.20. The second kappa shape index (κ2) is 7.58. The molecule has 0 aliphatic rings. The van der Waals surface area contributed by atoms with Crippen LogP contribution < -0.4 is 5.56 Å². The standard InChI is InChI=1S/C21H15ClN2O3S/c1-27-21(26)15-4-2-3-13(9-15)11-24-12-23-17-10-18(28-19(17)20(24)25)14-5-7-16(22)8-6-14/h2-10,12H,11H2,1H3. The predicted molar refractivity (Wildman–Crippen MR) is 111 cm³/mol. The van der Waals surface area contributed by atoms with Crippen molar-refractivity contribution in [2.24, 2.45) is 0 Å². The van der Waals surface area contributed by atoms with Crippen LogP contribution in [0.25, 0.3) is 20.7 Å². The van der Waals surface area contributed by atoms with Crippen LogP contribution in [0.15, 0.2) is 65.7 Å². The number of aromatic nitrogens is 2. The van der Waals surface area contributed by atoms with Crippen molar-refractivity contribution < 1.29 is 9.53 Å². The monoisotopic (exact) mass is 410 g/mol. The molecule has 0 saturated heterocycles. The maximum Gasteiger partial charge on any atom is 0.337 e. The first-order valence-electron chi connectivity index (χ1n) is 8.47. The molecular formula is C21H15ClN2O3S. The number of hydrogen-bond acceptors (Lipinski definition) is 5. The van der Waals surface area contributed by atoms with E-state index in [1.165, 1.54) is 24.8 Å². The summed E-state index contributed by atoms with van der Waals surface area (Å²) in [6.45, 7) is 0.320. The lowest BCUT2D eigenvalue weighted by Gasteiger charge is -2.07. The van der Waals surface area contributed by atoms with Gasteiger partial charge in [0.2, 0.25) is 0 Å². The molecule has 0 aliphatic heterocycles. The van der Waals surface area contributed by atoms with Crippen LogP contribution in [0, 0.1) is 0 Å². The van der Waals surface area contributed by atoms with Crippen LogP contribution in [0.4, 0.5) is 0 Å². The van der Waals surface area contributed by atoms with Crippen LogP contribution >= 0.6 is 22.9 Å². The van der Waals surface area contributed by atoms with E-state index in [4.69, 9.17) is 16.3 Å². The lowest BCUT2D eigenvalue weighted by atomic mass is 10.1. The van der Waals surface area contributed by atoms with Gasteiger partial charge >= 0.3 is 5.97 Å². The number of fused-ring (bicyclic) bond motifs is 1. The Bertz CT molecular complexity index is 1230. The van der Waals surface area contributed by atoms with Gasteiger partial charge in [-0.05, 0) is 41.5 Å². The highest BCUT2D eigenvalue weighted by Crippen LogP contribution is 2.31. The van der Waals surface area contributed by atoms with Gasteiger partial charge in [0.1, 0.15) is 4.70 Å². The minimum Gasteiger partial charge on any atom is -0.465 e. The number of ether oxygens (including phenoxy) is 1. The van der Waals surface area contributed by atoms with Gasteiger partial charge in [-0.2, -0.15) is 0 Å². The van der Waals surface area contributed by atoms with E-state index in [0.717, 1.165) is 16.0 Å². The third-order valence-corrected chi connectivity index (χ3v) is 5.75. The molecule has 0 bridgehead atoms. The molecule has 0 aliphatic carbocycles. The van der Waals surface area contributed by atoms with Gasteiger partial charge in [0.25, 0.3) is 5.56 Å². The molecule has 0 radical (unpaired) electrons. The second-order valence-corrected chi connectivity index (χ2v) is 7.69. The molecule has 0 atom stereocenters. The summed E-state index contributed by atoms with van der Waals surface area (Å²) in [6, 6.07) is 16.4. The normalized spacial score (nSPS) is 10.9. The third-order valence-electron chi connectivity index (χ3n) is 4.33. The van der Waals surface area contributed by atoms with Crippen molar-refractivity contribution in [2.45, 2.75) is 6.54 Å². The average molecular weight is 411 g/mol. The first kappa shape index (κ1) is 18.4. The number of nitrogens with zero attached hydrogens (tertiary/aromatic N) is 2. The highest BCUT2D eigenvalue weighted by Gasteiger charge is 2.12. The molecule has 7 heteroatoms. The predicted octanol–water partition coefficient (Wildman–Crippen LogP) is 4.61. The Hall–Kier alpha value is -2.96. The molecule has 0 amide bonds. The fourth-order valence-electron chi connectivity index (χ4n) is 2.93. The van der Waals surface area contributed by atoms with Crippen LogP contribution in [0.2, 0.25) is 5.02 Å². The van der Waals surface area contributed by atoms with Crippen molar-refractivity contribution in [3.63, 3.8) is 0 Å². The molecule has 2 aromatic heterocycles. The Morgan fingerprint density at radius 2 is 1.96 bits per heavy atom. The summed E-state index contributed by atoms with van der Waals surface area (Å²) >= 11 is 7.36. The zero-order valence-corrected chi connectivity index (χ0v) is 16.5. The lowest BCUT2D eigenvalue weighted by molar-refractivity contribution is 0.0600. The fraction of sp³-hybridized carbons (Fsp3) is 0.0952. The lowest BCUT2D eigenvalue weighted by Crippen LogP contribution is -2.20. The molecule has 5 nitrogen and oxygen atoms in total. The zero-order valence-electron chi connectivity index (χ0n) is 14.9. The summed E-state index contributed by atoms with van der Waals surface area (Å²) in [5.74, 6) is -0.409. The number of rotatable bonds is 4. The van der Waals surface area contributed by atoms with Crippen LogP contribution in [-0.4, -0.2) is 22.6 Å². The van der Waals surface area contributed by atoms with Crippen molar-refractivity contribution in [1.82, 2.24) is 9.55 Å². The van der Waals surface area contributed by atoms with Gasteiger partial charge in [-0.3, -0.25) is 9.36 Å². The number of methoxy groups -OCH3 is 1. The minimum absolute atomic E-state index is 0.112. The van der Waals surface area contributed by atoms with Crippen molar-refractivity contribution >= 4 is 39.1 Å². The smallest absolute Gasteiger partial charge is 0.337 e. The summed E-state index contributed by atoms with van der Waals surface area (Å²) < 4.78 is 6.89. The Kier molecular flexibility index (Phi) is 4.98. The molecule has 0 spiro atoms. The molecule has 0 saturated carbocycles. The molecule has 28 heavy (non-hydrogen) atoms. The van der Waals surface area contributed by atoms with E-state index in [0.29, 0.717) is 27.3 Å². The SMILES string of the molecule is COC(=O)c1cccc(Cn2cnc3cc(-c4ccc(Cl)cc4)sc3c2=O)c1. The van der Waals surface area contributed by atoms with E-state index in [1.54, 1.807) is 22.8 Å². The van der Waals surface area contributed by atoms with Gasteiger partial charge in [-0.1, -0.05) is 35.9 Å². The summed E-state index contributed by atoms with van der Waals surface area (Å²) in [5.41, 5.74) is 2.81. The molecule has 4 rings (SSSR count). The van der Waals surface area contributed by atoms with Crippen molar-refractivity contribution in [1.29, 1.82) is 0 Å². The zero-order chi connectivity index (χ0) is 19.7. The summed E-state index contributed by atoms with van der Waals surface area (Å²) in [4.78, 5) is 30.0. The average Bonchev–Trinajstić information content (AvgIpc) is 3.15. The fourth-order valence-corrected chi connectivity index (χ4v) is 4.12. The van der Waals surface area contributed by atoms with Gasteiger partial charge in [0, 0.05) is 9.90 Å². The van der Waals surface area contributed by atoms with Crippen molar-refractivity contribution in [2.75, 3.05) is 7.11 Å². The Morgan fingerprint density at radius 1 is 1.18 bits per heavy atom. The van der Waals surface area contributed by atoms with Crippen LogP contribution in [-0.2, 0) is 11.3 Å². The first-order chi connectivity index (χ1) is 13.5. The molecular weight excluding hydrogens is 396 g/mol. The summed E-state index contributed by atoms with van der Waals surface area (Å²) in [5, 5.41) is 0.666. The first-order valence-corrected chi connectivity index (χ1v) is 9.67. The van der Waals surface area contributed by atoms with Crippen LogP contribution in [0.1, 0.15) is 15.9 Å². The Morgan fingerprint density at radius 3 is 2.71 bits per heavy atom. The van der Waals surface area contributed by atoms with Crippen molar-refractivity contribution in [3.8, 4) is 10.4 Å². The molecule has 0 fully saturated rings. The largest absolute Gasteiger partial charge is 0.465 e. The molecule has 2 heterocycles. The highest BCUT2D eigenvalue weighted by atomic mass is 35.5. The van der Waals surface area contributed by atoms with E-state index < -0.39 is 5.97 Å². The Balaban J connectivity index is 1.69. The number of carbonyl (C=O) groups excluding carboxylic acids is 1. The van der Waals surface area contributed by atoms with E-state index in [-0.39, 0.29) is 5.56 Å². The van der Waals surface area contributed by atoms with E-state index in [2.05, 4.69) is 4.98 Å². The van der Waals surface area contributed by atoms with Gasteiger partial charge < -0.3 is 4.74 Å². The number of hydrogen-bond donors (Lipinski definition) is 0. The number of thiophene rings is 1. The van der Waals surface area contributed by atoms with Crippen LogP contribution in [0.3, 0.4) is 0 Å². The molecule has 140 valence electrons. The van der Waals surface area contributed by atoms with E-state index in [9.17, 15) is 9.59 Å². The van der Waals surface area contributed by atoms with E-state index >= 15 is 0 Å². The number of carbonyl (C=O) groups is 1. The van der Waals surface area contributed by atoms with Gasteiger partial charge in [-0.25, -0.2) is 9.78 Å².